The second kappa shape index (κ2) is 9.74. The molecule has 1 aromatic rings. The van der Waals surface area contributed by atoms with Crippen molar-refractivity contribution in [3.8, 4) is 5.75 Å². The molecule has 0 aromatic heterocycles. The quantitative estimate of drug-likeness (QED) is 0.516. The number of halogens is 2. The van der Waals surface area contributed by atoms with Crippen LogP contribution in [0.5, 0.6) is 5.75 Å². The molecular weight excluding hydrogens is 277 g/mol. The third-order valence-electron chi connectivity index (χ3n) is 3.34. The molecule has 21 heavy (non-hydrogen) atoms. The third-order valence-corrected chi connectivity index (χ3v) is 3.34. The summed E-state index contributed by atoms with van der Waals surface area (Å²) < 4.78 is 31.5. The average molecular weight is 300 g/mol. The highest BCUT2D eigenvalue weighted by Crippen LogP contribution is 2.15. The van der Waals surface area contributed by atoms with Crippen LogP contribution in [0.2, 0.25) is 0 Å². The largest absolute Gasteiger partial charge is 0.494 e. The Balaban J connectivity index is 2.36. The zero-order valence-electron chi connectivity index (χ0n) is 12.4. The predicted octanol–water partition coefficient (Wildman–Crippen LogP) is 2.77. The van der Waals surface area contributed by atoms with Crippen LogP contribution in [0.1, 0.15) is 51.9 Å². The number of hydrogen-bond donors (Lipinski definition) is 2. The SMILES string of the molecule is CCCCCCCCCOc1cc(F)c(F)cc1B(O)O. The molecule has 2 N–H and O–H groups in total. The number of hydrogen-bond acceptors (Lipinski definition) is 3. The van der Waals surface area contributed by atoms with Crippen LogP contribution in [0.4, 0.5) is 8.78 Å². The summed E-state index contributed by atoms with van der Waals surface area (Å²) in [6, 6.07) is 1.60. The van der Waals surface area contributed by atoms with E-state index in [1.165, 1.54) is 25.7 Å². The van der Waals surface area contributed by atoms with Gasteiger partial charge in [0.05, 0.1) is 6.61 Å². The molecule has 0 saturated heterocycles. The first-order valence-electron chi connectivity index (χ1n) is 7.54. The van der Waals surface area contributed by atoms with E-state index in [1.807, 2.05) is 0 Å². The Labute approximate surface area is 125 Å². The molecule has 0 aliphatic carbocycles. The Bertz CT molecular complexity index is 428. The predicted molar refractivity (Wildman–Crippen MR) is 79.7 cm³/mol. The van der Waals surface area contributed by atoms with Crippen molar-refractivity contribution in [3.05, 3.63) is 23.8 Å². The highest BCUT2D eigenvalue weighted by atomic mass is 19.2. The molecule has 3 nitrogen and oxygen atoms in total. The molecule has 0 aliphatic heterocycles. The van der Waals surface area contributed by atoms with E-state index >= 15 is 0 Å². The van der Waals surface area contributed by atoms with Gasteiger partial charge < -0.3 is 14.8 Å². The number of benzene rings is 1. The fourth-order valence-corrected chi connectivity index (χ4v) is 2.11. The lowest BCUT2D eigenvalue weighted by Gasteiger charge is -2.11. The minimum Gasteiger partial charge on any atom is -0.494 e. The van der Waals surface area contributed by atoms with Gasteiger partial charge in [0.25, 0.3) is 0 Å². The number of unbranched alkanes of at least 4 members (excludes halogenated alkanes) is 6. The molecule has 1 rings (SSSR count). The molecule has 0 fully saturated rings. The van der Waals surface area contributed by atoms with Crippen molar-refractivity contribution in [2.45, 2.75) is 51.9 Å². The van der Waals surface area contributed by atoms with E-state index in [4.69, 9.17) is 14.8 Å². The molecule has 0 heterocycles. The zero-order chi connectivity index (χ0) is 15.7. The van der Waals surface area contributed by atoms with Crippen LogP contribution in [0, 0.1) is 11.6 Å². The van der Waals surface area contributed by atoms with Crippen molar-refractivity contribution in [3.63, 3.8) is 0 Å². The lowest BCUT2D eigenvalue weighted by Crippen LogP contribution is -2.32. The van der Waals surface area contributed by atoms with Crippen molar-refractivity contribution in [1.82, 2.24) is 0 Å². The molecule has 0 aliphatic rings. The van der Waals surface area contributed by atoms with E-state index in [0.29, 0.717) is 6.61 Å². The molecule has 118 valence electrons. The van der Waals surface area contributed by atoms with E-state index in [1.54, 1.807) is 0 Å². The van der Waals surface area contributed by atoms with Gasteiger partial charge in [-0.1, -0.05) is 45.4 Å². The molecule has 6 heteroatoms. The maximum atomic E-state index is 13.2. The first-order chi connectivity index (χ1) is 10.1. The normalized spacial score (nSPS) is 10.7. The summed E-state index contributed by atoms with van der Waals surface area (Å²) >= 11 is 0. The first kappa shape index (κ1) is 17.9. The van der Waals surface area contributed by atoms with Crippen molar-refractivity contribution >= 4 is 12.6 Å². The Morgan fingerprint density at radius 2 is 1.52 bits per heavy atom. The zero-order valence-corrected chi connectivity index (χ0v) is 12.4. The van der Waals surface area contributed by atoms with Gasteiger partial charge in [-0.05, 0) is 12.5 Å². The molecule has 0 radical (unpaired) electrons. The lowest BCUT2D eigenvalue weighted by molar-refractivity contribution is 0.302. The summed E-state index contributed by atoms with van der Waals surface area (Å²) in [5.74, 6) is -2.20. The van der Waals surface area contributed by atoms with Gasteiger partial charge in [-0.2, -0.15) is 0 Å². The van der Waals surface area contributed by atoms with Gasteiger partial charge in [0.15, 0.2) is 11.6 Å². The summed E-state index contributed by atoms with van der Waals surface area (Å²) in [5, 5.41) is 18.3. The van der Waals surface area contributed by atoms with Crippen LogP contribution in [-0.2, 0) is 0 Å². The highest BCUT2D eigenvalue weighted by molar-refractivity contribution is 6.59. The summed E-state index contributed by atoms with van der Waals surface area (Å²) in [6.45, 7) is 2.52. The van der Waals surface area contributed by atoms with E-state index in [9.17, 15) is 8.78 Å². The smallest absolute Gasteiger partial charge is 0.492 e. The third kappa shape index (κ3) is 6.44. The molecule has 0 unspecified atom stereocenters. The minimum atomic E-state index is -1.89. The van der Waals surface area contributed by atoms with E-state index in [-0.39, 0.29) is 11.2 Å². The Kier molecular flexibility index (Phi) is 8.31. The second-order valence-electron chi connectivity index (χ2n) is 5.15. The van der Waals surface area contributed by atoms with Crippen LogP contribution in [0.15, 0.2) is 12.1 Å². The maximum absolute atomic E-state index is 13.2. The first-order valence-corrected chi connectivity index (χ1v) is 7.54. The van der Waals surface area contributed by atoms with Gasteiger partial charge in [0.1, 0.15) is 5.75 Å². The van der Waals surface area contributed by atoms with Gasteiger partial charge in [0, 0.05) is 11.5 Å². The highest BCUT2D eigenvalue weighted by Gasteiger charge is 2.20. The fourth-order valence-electron chi connectivity index (χ4n) is 2.11. The molecule has 0 atom stereocenters. The maximum Gasteiger partial charge on any atom is 0.492 e. The van der Waals surface area contributed by atoms with Gasteiger partial charge >= 0.3 is 7.12 Å². The molecule has 0 bridgehead atoms. The summed E-state index contributed by atoms with van der Waals surface area (Å²) in [5.41, 5.74) is -0.156. The van der Waals surface area contributed by atoms with Gasteiger partial charge in [0.2, 0.25) is 0 Å². The summed E-state index contributed by atoms with van der Waals surface area (Å²) in [6.07, 6.45) is 7.82. The minimum absolute atomic E-state index is 0.0186. The van der Waals surface area contributed by atoms with Gasteiger partial charge in [-0.15, -0.1) is 0 Å². The van der Waals surface area contributed by atoms with E-state index < -0.39 is 18.8 Å². The topological polar surface area (TPSA) is 49.7 Å². The van der Waals surface area contributed by atoms with Crippen molar-refractivity contribution < 1.29 is 23.6 Å². The monoisotopic (exact) mass is 300 g/mol. The van der Waals surface area contributed by atoms with Crippen LogP contribution >= 0.6 is 0 Å². The van der Waals surface area contributed by atoms with Gasteiger partial charge in [-0.25, -0.2) is 8.78 Å². The van der Waals surface area contributed by atoms with Crippen LogP contribution in [0.25, 0.3) is 0 Å². The lowest BCUT2D eigenvalue weighted by atomic mass is 9.79. The Morgan fingerprint density at radius 1 is 0.952 bits per heavy atom. The standard InChI is InChI=1S/C15H23BF2O3/c1-2-3-4-5-6-7-8-9-21-15-11-14(18)13(17)10-12(15)16(19)20/h10-11,19-20H,2-9H2,1H3. The molecule has 0 amide bonds. The second-order valence-corrected chi connectivity index (χ2v) is 5.15. The van der Waals surface area contributed by atoms with Crippen LogP contribution in [0.3, 0.4) is 0 Å². The van der Waals surface area contributed by atoms with Gasteiger partial charge in [-0.3, -0.25) is 0 Å². The number of ether oxygens (including phenoxy) is 1. The van der Waals surface area contributed by atoms with Crippen LogP contribution < -0.4 is 10.2 Å². The molecule has 0 saturated carbocycles. The average Bonchev–Trinajstić information content (AvgIpc) is 2.44. The van der Waals surface area contributed by atoms with Crippen molar-refractivity contribution in [2.24, 2.45) is 0 Å². The van der Waals surface area contributed by atoms with Crippen molar-refractivity contribution in [1.29, 1.82) is 0 Å². The summed E-state index contributed by atoms with van der Waals surface area (Å²) in [7, 11) is -1.89. The van der Waals surface area contributed by atoms with E-state index in [0.717, 1.165) is 31.4 Å². The van der Waals surface area contributed by atoms with E-state index in [2.05, 4.69) is 6.92 Å². The molecule has 0 spiro atoms. The Hall–Kier alpha value is -1.14. The molecular formula is C15H23BF2O3. The van der Waals surface area contributed by atoms with Crippen LogP contribution in [-0.4, -0.2) is 23.8 Å². The number of rotatable bonds is 10. The fraction of sp³-hybridized carbons (Fsp3) is 0.600. The molecule has 1 aromatic carbocycles. The Morgan fingerprint density at radius 3 is 2.14 bits per heavy atom. The summed E-state index contributed by atoms with van der Waals surface area (Å²) in [4.78, 5) is 0. The van der Waals surface area contributed by atoms with Crippen molar-refractivity contribution in [2.75, 3.05) is 6.61 Å².